The van der Waals surface area contributed by atoms with Gasteiger partial charge in [-0.3, -0.25) is 0 Å². The smallest absolute Gasteiger partial charge is 0.277 e. The third-order valence-electron chi connectivity index (χ3n) is 5.70. The molecule has 0 spiro atoms. The molecular weight excluding hydrogens is 342 g/mol. The Morgan fingerprint density at radius 2 is 1.36 bits per heavy atom. The average molecular weight is 365 g/mol. The number of aryl methyl sites for hydroxylation is 3. The summed E-state index contributed by atoms with van der Waals surface area (Å²) in [4.78, 5) is 0. The molecule has 3 aromatic heterocycles. The maximum atomic E-state index is 2.31. The summed E-state index contributed by atoms with van der Waals surface area (Å²) in [6, 6.07) is 26.1. The summed E-state index contributed by atoms with van der Waals surface area (Å²) in [5, 5.41) is 2.61. The van der Waals surface area contributed by atoms with Gasteiger partial charge in [-0.05, 0) is 35.9 Å². The lowest BCUT2D eigenvalue weighted by atomic mass is 10.0. The molecule has 0 unspecified atom stereocenters. The van der Waals surface area contributed by atoms with Gasteiger partial charge in [-0.25, -0.2) is 0 Å². The molecule has 5 aromatic rings. The van der Waals surface area contributed by atoms with Crippen molar-refractivity contribution in [1.82, 2.24) is 4.57 Å². The molecule has 0 atom stereocenters. The highest BCUT2D eigenvalue weighted by Gasteiger charge is 2.19. The van der Waals surface area contributed by atoms with E-state index in [2.05, 4.69) is 120 Å². The van der Waals surface area contributed by atoms with E-state index >= 15 is 0 Å². The van der Waals surface area contributed by atoms with Crippen molar-refractivity contribution >= 4 is 21.8 Å². The highest BCUT2D eigenvalue weighted by Crippen LogP contribution is 2.31. The van der Waals surface area contributed by atoms with Gasteiger partial charge in [-0.1, -0.05) is 24.3 Å². The molecule has 0 aliphatic heterocycles. The summed E-state index contributed by atoms with van der Waals surface area (Å²) < 4.78 is 6.63. The Bertz CT molecular complexity index is 1350. The van der Waals surface area contributed by atoms with Crippen molar-refractivity contribution in [1.29, 1.82) is 0 Å². The second-order valence-electron chi connectivity index (χ2n) is 7.42. The zero-order valence-electron chi connectivity index (χ0n) is 16.4. The molecule has 5 rings (SSSR count). The normalized spacial score (nSPS) is 11.4. The molecule has 3 heterocycles. The van der Waals surface area contributed by atoms with Crippen LogP contribution in [0.15, 0.2) is 85.2 Å². The Morgan fingerprint density at radius 1 is 0.643 bits per heavy atom. The molecule has 0 radical (unpaired) electrons. The first-order chi connectivity index (χ1) is 13.6. The van der Waals surface area contributed by atoms with E-state index in [0.29, 0.717) is 0 Å². The molecule has 136 valence electrons. The fourth-order valence-corrected chi connectivity index (χ4v) is 4.18. The highest BCUT2D eigenvalue weighted by atomic mass is 15.0. The number of nitrogens with zero attached hydrogens (tertiary/aromatic N) is 3. The number of para-hydroxylation sites is 1. The average Bonchev–Trinajstić information content (AvgIpc) is 3.01. The van der Waals surface area contributed by atoms with Crippen LogP contribution in [-0.4, -0.2) is 4.57 Å². The molecule has 3 heteroatoms. The van der Waals surface area contributed by atoms with Gasteiger partial charge >= 0.3 is 0 Å². The fourth-order valence-electron chi connectivity index (χ4n) is 4.18. The number of aromatic nitrogens is 3. The van der Waals surface area contributed by atoms with E-state index in [1.165, 1.54) is 44.3 Å². The zero-order valence-corrected chi connectivity index (χ0v) is 16.4. The van der Waals surface area contributed by atoms with Gasteiger partial charge in [0.1, 0.15) is 14.1 Å². The number of benzene rings is 2. The van der Waals surface area contributed by atoms with Crippen LogP contribution in [0, 0.1) is 0 Å². The minimum Gasteiger partial charge on any atom is -0.344 e. The van der Waals surface area contributed by atoms with Gasteiger partial charge in [0, 0.05) is 52.6 Å². The summed E-state index contributed by atoms with van der Waals surface area (Å²) in [6.07, 6.45) is 4.30. The number of rotatable bonds is 2. The van der Waals surface area contributed by atoms with E-state index in [1.54, 1.807) is 0 Å². The largest absolute Gasteiger partial charge is 0.344 e. The maximum absolute atomic E-state index is 2.31. The third kappa shape index (κ3) is 2.51. The van der Waals surface area contributed by atoms with Gasteiger partial charge in [-0.2, -0.15) is 9.13 Å². The van der Waals surface area contributed by atoms with Crippen molar-refractivity contribution < 1.29 is 9.13 Å². The molecule has 28 heavy (non-hydrogen) atoms. The van der Waals surface area contributed by atoms with Crippen molar-refractivity contribution in [3.8, 4) is 22.5 Å². The summed E-state index contributed by atoms with van der Waals surface area (Å²) in [7, 11) is 6.33. The van der Waals surface area contributed by atoms with Crippen LogP contribution >= 0.6 is 0 Å². The zero-order chi connectivity index (χ0) is 19.3. The maximum Gasteiger partial charge on any atom is 0.277 e. The Morgan fingerprint density at radius 3 is 2.18 bits per heavy atom. The summed E-state index contributed by atoms with van der Waals surface area (Å²) in [6.45, 7) is 0. The van der Waals surface area contributed by atoms with Gasteiger partial charge in [0.25, 0.3) is 11.4 Å². The summed E-state index contributed by atoms with van der Waals surface area (Å²) >= 11 is 0. The van der Waals surface area contributed by atoms with Crippen LogP contribution in [0.1, 0.15) is 0 Å². The van der Waals surface area contributed by atoms with E-state index in [9.17, 15) is 0 Å². The van der Waals surface area contributed by atoms with Crippen LogP contribution in [0.2, 0.25) is 0 Å². The molecule has 2 aromatic carbocycles. The van der Waals surface area contributed by atoms with Crippen LogP contribution in [0.4, 0.5) is 0 Å². The van der Waals surface area contributed by atoms with Crippen LogP contribution < -0.4 is 9.13 Å². The first kappa shape index (κ1) is 16.7. The minimum atomic E-state index is 1.19. The van der Waals surface area contributed by atoms with Gasteiger partial charge in [-0.15, -0.1) is 0 Å². The van der Waals surface area contributed by atoms with Crippen molar-refractivity contribution in [2.24, 2.45) is 21.1 Å². The van der Waals surface area contributed by atoms with E-state index in [0.717, 1.165) is 0 Å². The lowest BCUT2D eigenvalue weighted by molar-refractivity contribution is -0.690. The first-order valence-corrected chi connectivity index (χ1v) is 9.56. The number of fused-ring (bicyclic) bond motifs is 3. The molecular formula is C25H23N3+2. The lowest BCUT2D eigenvalue weighted by Gasteiger charge is -2.04. The molecule has 0 amide bonds. The van der Waals surface area contributed by atoms with Crippen molar-refractivity contribution in [2.75, 3.05) is 0 Å². The van der Waals surface area contributed by atoms with Crippen molar-refractivity contribution in [2.45, 2.75) is 0 Å². The van der Waals surface area contributed by atoms with Crippen LogP contribution in [-0.2, 0) is 21.1 Å². The van der Waals surface area contributed by atoms with Crippen LogP contribution in [0.5, 0.6) is 0 Å². The second-order valence-corrected chi connectivity index (χ2v) is 7.42. The topological polar surface area (TPSA) is 12.7 Å². The molecule has 0 saturated heterocycles. The summed E-state index contributed by atoms with van der Waals surface area (Å²) in [5.41, 5.74) is 7.39. The van der Waals surface area contributed by atoms with Gasteiger partial charge < -0.3 is 4.57 Å². The van der Waals surface area contributed by atoms with Gasteiger partial charge in [0.2, 0.25) is 0 Å². The highest BCUT2D eigenvalue weighted by molar-refractivity contribution is 6.09. The number of hydrogen-bond acceptors (Lipinski definition) is 0. The van der Waals surface area contributed by atoms with Gasteiger partial charge in [0.05, 0.1) is 0 Å². The third-order valence-corrected chi connectivity index (χ3v) is 5.70. The Balaban J connectivity index is 1.65. The number of hydrogen-bond donors (Lipinski definition) is 0. The van der Waals surface area contributed by atoms with E-state index < -0.39 is 0 Å². The molecule has 0 fully saturated rings. The minimum absolute atomic E-state index is 1.19. The standard InChI is InChI=1S/C25H23N3/c1-26-15-7-6-10-24(26)25-14-12-19(17-27(25)2)18-11-13-23-21(16-18)20-8-4-5-9-22(20)28(23)3/h4-17H,1-3H3/q+2. The Labute approximate surface area is 164 Å². The Kier molecular flexibility index (Phi) is 3.76. The van der Waals surface area contributed by atoms with Gasteiger partial charge in [0.15, 0.2) is 12.4 Å². The number of pyridine rings is 2. The Hall–Kier alpha value is -3.46. The predicted octanol–water partition coefficient (Wildman–Crippen LogP) is 4.31. The quantitative estimate of drug-likeness (QED) is 0.413. The molecule has 0 saturated carbocycles. The monoisotopic (exact) mass is 365 g/mol. The van der Waals surface area contributed by atoms with E-state index in [1.807, 2.05) is 0 Å². The van der Waals surface area contributed by atoms with Crippen LogP contribution in [0.25, 0.3) is 44.3 Å². The molecule has 0 aliphatic rings. The van der Waals surface area contributed by atoms with E-state index in [4.69, 9.17) is 0 Å². The molecule has 3 nitrogen and oxygen atoms in total. The summed E-state index contributed by atoms with van der Waals surface area (Å²) in [5.74, 6) is 0. The van der Waals surface area contributed by atoms with Crippen molar-refractivity contribution in [3.63, 3.8) is 0 Å². The SMILES string of the molecule is Cn1c2ccccc2c2cc(-c3ccc(-c4cccc[n+]4C)[n+](C)c3)ccc21. The fraction of sp³-hybridized carbons (Fsp3) is 0.120. The van der Waals surface area contributed by atoms with E-state index in [-0.39, 0.29) is 0 Å². The first-order valence-electron chi connectivity index (χ1n) is 9.56. The predicted molar refractivity (Wildman–Crippen MR) is 114 cm³/mol. The molecule has 0 bridgehead atoms. The van der Waals surface area contributed by atoms with Crippen LogP contribution in [0.3, 0.4) is 0 Å². The van der Waals surface area contributed by atoms with Crippen molar-refractivity contribution in [3.05, 3.63) is 85.2 Å². The lowest BCUT2D eigenvalue weighted by Crippen LogP contribution is -2.38. The molecule has 0 N–H and O–H groups in total. The second kappa shape index (κ2) is 6.31. The molecule has 0 aliphatic carbocycles.